The second kappa shape index (κ2) is 5.37. The molecule has 0 unspecified atom stereocenters. The first kappa shape index (κ1) is 10.7. The van der Waals surface area contributed by atoms with Crippen LogP contribution in [0.1, 0.15) is 31.5 Å². The molecule has 0 fully saturated rings. The summed E-state index contributed by atoms with van der Waals surface area (Å²) in [5.41, 5.74) is 2.12. The Hall–Kier alpha value is -1.38. The summed E-state index contributed by atoms with van der Waals surface area (Å²) in [4.78, 5) is 15.2. The lowest BCUT2D eigenvalue weighted by Gasteiger charge is -2.03. The average molecular weight is 192 g/mol. The second-order valence-electron chi connectivity index (χ2n) is 3.14. The molecule has 0 aliphatic rings. The van der Waals surface area contributed by atoms with Gasteiger partial charge in [-0.25, -0.2) is 0 Å². The van der Waals surface area contributed by atoms with Crippen molar-refractivity contribution in [1.82, 2.24) is 10.3 Å². The summed E-state index contributed by atoms with van der Waals surface area (Å²) in [6, 6.07) is 4.00. The van der Waals surface area contributed by atoms with Crippen molar-refractivity contribution in [3.05, 3.63) is 29.6 Å². The quantitative estimate of drug-likeness (QED) is 0.788. The lowest BCUT2D eigenvalue weighted by molar-refractivity contribution is -0.120. The molecule has 14 heavy (non-hydrogen) atoms. The SMILES string of the molecule is CCC(=O)NCc1ccc(CC)nc1. The van der Waals surface area contributed by atoms with E-state index >= 15 is 0 Å². The lowest BCUT2D eigenvalue weighted by Crippen LogP contribution is -2.21. The van der Waals surface area contributed by atoms with E-state index in [4.69, 9.17) is 0 Å². The van der Waals surface area contributed by atoms with Crippen molar-refractivity contribution in [2.75, 3.05) is 0 Å². The van der Waals surface area contributed by atoms with E-state index in [-0.39, 0.29) is 5.91 Å². The Balaban J connectivity index is 2.47. The van der Waals surface area contributed by atoms with Gasteiger partial charge in [-0.2, -0.15) is 0 Å². The van der Waals surface area contributed by atoms with Crippen molar-refractivity contribution in [2.45, 2.75) is 33.2 Å². The number of pyridine rings is 1. The van der Waals surface area contributed by atoms with Gasteiger partial charge in [0.05, 0.1) is 0 Å². The van der Waals surface area contributed by atoms with E-state index in [9.17, 15) is 4.79 Å². The van der Waals surface area contributed by atoms with Crippen LogP contribution in [0, 0.1) is 0 Å². The molecule has 0 aromatic carbocycles. The Morgan fingerprint density at radius 1 is 1.43 bits per heavy atom. The predicted molar refractivity (Wildman–Crippen MR) is 55.8 cm³/mol. The van der Waals surface area contributed by atoms with Crippen LogP contribution in [0.5, 0.6) is 0 Å². The molecule has 0 radical (unpaired) electrons. The average Bonchev–Trinajstić information content (AvgIpc) is 2.26. The molecule has 1 rings (SSSR count). The molecule has 0 saturated heterocycles. The van der Waals surface area contributed by atoms with Crippen LogP contribution in [-0.2, 0) is 17.8 Å². The highest BCUT2D eigenvalue weighted by Gasteiger charge is 1.97. The van der Waals surface area contributed by atoms with E-state index < -0.39 is 0 Å². The molecule has 1 aromatic heterocycles. The van der Waals surface area contributed by atoms with E-state index in [2.05, 4.69) is 17.2 Å². The minimum Gasteiger partial charge on any atom is -0.352 e. The number of rotatable bonds is 4. The molecule has 0 spiro atoms. The molecule has 3 nitrogen and oxygen atoms in total. The Bertz CT molecular complexity index is 293. The summed E-state index contributed by atoms with van der Waals surface area (Å²) in [5, 5.41) is 2.81. The third kappa shape index (κ3) is 3.17. The number of hydrogen-bond acceptors (Lipinski definition) is 2. The van der Waals surface area contributed by atoms with E-state index in [1.54, 1.807) is 0 Å². The summed E-state index contributed by atoms with van der Waals surface area (Å²) in [7, 11) is 0. The molecule has 1 heterocycles. The summed E-state index contributed by atoms with van der Waals surface area (Å²) in [6.45, 7) is 4.48. The molecule has 0 saturated carbocycles. The van der Waals surface area contributed by atoms with Crippen molar-refractivity contribution in [3.63, 3.8) is 0 Å². The van der Waals surface area contributed by atoms with Crippen LogP contribution in [0.4, 0.5) is 0 Å². The fourth-order valence-corrected chi connectivity index (χ4v) is 1.09. The van der Waals surface area contributed by atoms with Crippen molar-refractivity contribution < 1.29 is 4.79 Å². The van der Waals surface area contributed by atoms with Crippen LogP contribution >= 0.6 is 0 Å². The van der Waals surface area contributed by atoms with Gasteiger partial charge in [0, 0.05) is 24.9 Å². The van der Waals surface area contributed by atoms with Gasteiger partial charge in [-0.15, -0.1) is 0 Å². The monoisotopic (exact) mass is 192 g/mol. The van der Waals surface area contributed by atoms with Gasteiger partial charge in [0.2, 0.25) is 5.91 Å². The predicted octanol–water partition coefficient (Wildman–Crippen LogP) is 1.67. The second-order valence-corrected chi connectivity index (χ2v) is 3.14. The summed E-state index contributed by atoms with van der Waals surface area (Å²) >= 11 is 0. The molecule has 0 aliphatic carbocycles. The molecule has 3 heteroatoms. The topological polar surface area (TPSA) is 42.0 Å². The maximum absolute atomic E-state index is 11.0. The van der Waals surface area contributed by atoms with Crippen molar-refractivity contribution in [2.24, 2.45) is 0 Å². The maximum atomic E-state index is 11.0. The number of nitrogens with zero attached hydrogens (tertiary/aromatic N) is 1. The minimum absolute atomic E-state index is 0.0737. The molecule has 1 aromatic rings. The van der Waals surface area contributed by atoms with Gasteiger partial charge in [-0.3, -0.25) is 9.78 Å². The molecule has 0 aliphatic heterocycles. The van der Waals surface area contributed by atoms with E-state index in [0.29, 0.717) is 13.0 Å². The number of amides is 1. The Kier molecular flexibility index (Phi) is 4.11. The van der Waals surface area contributed by atoms with Gasteiger partial charge < -0.3 is 5.32 Å². The Labute approximate surface area is 84.6 Å². The van der Waals surface area contributed by atoms with Crippen LogP contribution in [0.2, 0.25) is 0 Å². The largest absolute Gasteiger partial charge is 0.352 e. The number of aryl methyl sites for hydroxylation is 1. The van der Waals surface area contributed by atoms with Crippen molar-refractivity contribution in [3.8, 4) is 0 Å². The van der Waals surface area contributed by atoms with Crippen molar-refractivity contribution >= 4 is 5.91 Å². The normalized spacial score (nSPS) is 9.86. The molecule has 1 amide bonds. The zero-order valence-corrected chi connectivity index (χ0v) is 8.71. The Morgan fingerprint density at radius 3 is 2.71 bits per heavy atom. The number of nitrogens with one attached hydrogen (secondary N) is 1. The van der Waals surface area contributed by atoms with Crippen LogP contribution in [0.3, 0.4) is 0 Å². The first-order valence-corrected chi connectivity index (χ1v) is 4.96. The van der Waals surface area contributed by atoms with Crippen LogP contribution in [-0.4, -0.2) is 10.9 Å². The van der Waals surface area contributed by atoms with Gasteiger partial charge in [0.25, 0.3) is 0 Å². The van der Waals surface area contributed by atoms with Gasteiger partial charge in [-0.1, -0.05) is 19.9 Å². The molecule has 0 bridgehead atoms. The number of carbonyl (C=O) groups is 1. The fourth-order valence-electron chi connectivity index (χ4n) is 1.09. The fraction of sp³-hybridized carbons (Fsp3) is 0.455. The summed E-state index contributed by atoms with van der Waals surface area (Å²) in [6.07, 6.45) is 3.29. The Morgan fingerprint density at radius 2 is 2.21 bits per heavy atom. The third-order valence-corrected chi connectivity index (χ3v) is 2.06. The van der Waals surface area contributed by atoms with Crippen LogP contribution in [0.25, 0.3) is 0 Å². The van der Waals surface area contributed by atoms with E-state index in [0.717, 1.165) is 17.7 Å². The third-order valence-electron chi connectivity index (χ3n) is 2.06. The van der Waals surface area contributed by atoms with Crippen LogP contribution < -0.4 is 5.32 Å². The van der Waals surface area contributed by atoms with Gasteiger partial charge >= 0.3 is 0 Å². The molecular weight excluding hydrogens is 176 g/mol. The number of aromatic nitrogens is 1. The van der Waals surface area contributed by atoms with Gasteiger partial charge in [-0.05, 0) is 18.1 Å². The zero-order valence-electron chi connectivity index (χ0n) is 8.71. The zero-order chi connectivity index (χ0) is 10.4. The van der Waals surface area contributed by atoms with Gasteiger partial charge in [0.1, 0.15) is 0 Å². The highest BCUT2D eigenvalue weighted by atomic mass is 16.1. The first-order chi connectivity index (χ1) is 6.76. The first-order valence-electron chi connectivity index (χ1n) is 4.96. The van der Waals surface area contributed by atoms with Crippen molar-refractivity contribution in [1.29, 1.82) is 0 Å². The maximum Gasteiger partial charge on any atom is 0.219 e. The van der Waals surface area contributed by atoms with Crippen LogP contribution in [0.15, 0.2) is 18.3 Å². The standard InChI is InChI=1S/C11H16N2O/c1-3-10-6-5-9(7-12-10)8-13-11(14)4-2/h5-7H,3-4,8H2,1-2H3,(H,13,14). The summed E-state index contributed by atoms with van der Waals surface area (Å²) < 4.78 is 0. The lowest BCUT2D eigenvalue weighted by atomic mass is 10.2. The number of carbonyl (C=O) groups excluding carboxylic acids is 1. The highest BCUT2D eigenvalue weighted by molar-refractivity contribution is 5.75. The highest BCUT2D eigenvalue weighted by Crippen LogP contribution is 2.00. The molecule has 0 atom stereocenters. The molecular formula is C11H16N2O. The number of hydrogen-bond donors (Lipinski definition) is 1. The minimum atomic E-state index is 0.0737. The van der Waals surface area contributed by atoms with Gasteiger partial charge in [0.15, 0.2) is 0 Å². The summed E-state index contributed by atoms with van der Waals surface area (Å²) in [5.74, 6) is 0.0737. The smallest absolute Gasteiger partial charge is 0.219 e. The molecule has 1 N–H and O–H groups in total. The van der Waals surface area contributed by atoms with E-state index in [1.165, 1.54) is 0 Å². The molecule has 76 valence electrons. The van der Waals surface area contributed by atoms with E-state index in [1.807, 2.05) is 25.3 Å².